The number of unbranched alkanes of at least 4 members (excludes halogenated alkanes) is 16. The quantitative estimate of drug-likeness (QED) is 0.0245. The number of allylic oxidation sites excluding steroid dienone is 13. The lowest BCUT2D eigenvalue weighted by Crippen LogP contribution is -2.45. The van der Waals surface area contributed by atoms with Gasteiger partial charge in [0.05, 0.1) is 39.9 Å². The number of aliphatic hydroxyl groups is 1. The lowest BCUT2D eigenvalue weighted by molar-refractivity contribution is -0.870. The molecule has 0 radical (unpaired) electrons. The highest BCUT2D eigenvalue weighted by atomic mass is 31.2. The maximum Gasteiger partial charge on any atom is 0.472 e. The lowest BCUT2D eigenvalue weighted by atomic mass is 10.1. The topological polar surface area (TPSA) is 105 Å². The third-order valence-electron chi connectivity index (χ3n) is 9.83. The lowest BCUT2D eigenvalue weighted by Gasteiger charge is -2.25. The van der Waals surface area contributed by atoms with Crippen LogP contribution in [0.4, 0.5) is 0 Å². The zero-order valence-corrected chi connectivity index (χ0v) is 39.4. The molecule has 0 aromatic heterocycles. The van der Waals surface area contributed by atoms with Crippen molar-refractivity contribution in [1.29, 1.82) is 0 Å². The zero-order chi connectivity index (χ0) is 43.6. The number of likely N-dealkylation sites (N-methyl/N-ethyl adjacent to an activating group) is 1. The molecule has 0 spiro atoms. The van der Waals surface area contributed by atoms with Crippen LogP contribution in [-0.2, 0) is 18.4 Å². The normalized spacial score (nSPS) is 15.0. The Morgan fingerprint density at radius 3 is 1.56 bits per heavy atom. The summed E-state index contributed by atoms with van der Waals surface area (Å²) in [7, 11) is 1.51. The number of amides is 1. The molecule has 340 valence electrons. The summed E-state index contributed by atoms with van der Waals surface area (Å²) in [5.41, 5.74) is 0. The molecule has 0 aliphatic rings. The van der Waals surface area contributed by atoms with E-state index in [0.29, 0.717) is 17.4 Å². The Morgan fingerprint density at radius 1 is 0.593 bits per heavy atom. The summed E-state index contributed by atoms with van der Waals surface area (Å²) < 4.78 is 23.5. The molecule has 59 heavy (non-hydrogen) atoms. The zero-order valence-electron chi connectivity index (χ0n) is 38.5. The predicted molar refractivity (Wildman–Crippen MR) is 253 cm³/mol. The fourth-order valence-electron chi connectivity index (χ4n) is 6.12. The molecule has 3 N–H and O–H groups in total. The van der Waals surface area contributed by atoms with Gasteiger partial charge in [-0.15, -0.1) is 0 Å². The van der Waals surface area contributed by atoms with Crippen LogP contribution in [0.1, 0.15) is 174 Å². The van der Waals surface area contributed by atoms with Crippen molar-refractivity contribution in [2.24, 2.45) is 0 Å². The number of carbonyl (C=O) groups excluding carboxylic acids is 1. The first kappa shape index (κ1) is 56.7. The van der Waals surface area contributed by atoms with Crippen molar-refractivity contribution in [3.05, 3.63) is 85.1 Å². The first-order valence-corrected chi connectivity index (χ1v) is 25.0. The minimum absolute atomic E-state index is 0.0439. The Kier molecular flexibility index (Phi) is 39.4. The van der Waals surface area contributed by atoms with Crippen LogP contribution in [0.15, 0.2) is 85.1 Å². The van der Waals surface area contributed by atoms with Gasteiger partial charge in [-0.1, -0.05) is 170 Å². The van der Waals surface area contributed by atoms with E-state index in [-0.39, 0.29) is 19.1 Å². The Balaban J connectivity index is 4.53. The number of phosphoric ester groups is 1. The molecule has 0 bridgehead atoms. The summed E-state index contributed by atoms with van der Waals surface area (Å²) in [6.07, 6.45) is 56.6. The summed E-state index contributed by atoms with van der Waals surface area (Å²) in [5, 5.41) is 13.8. The molecule has 0 heterocycles. The van der Waals surface area contributed by atoms with E-state index in [1.807, 2.05) is 27.2 Å². The Hall–Kier alpha value is -2.32. The molecule has 3 unspecified atom stereocenters. The maximum atomic E-state index is 12.9. The second-order valence-corrected chi connectivity index (χ2v) is 18.2. The van der Waals surface area contributed by atoms with Crippen molar-refractivity contribution < 1.29 is 32.9 Å². The summed E-state index contributed by atoms with van der Waals surface area (Å²) >= 11 is 0. The molecule has 0 saturated carbocycles. The monoisotopic (exact) mass is 846 g/mol. The van der Waals surface area contributed by atoms with Crippen molar-refractivity contribution in [3.8, 4) is 0 Å². The van der Waals surface area contributed by atoms with Gasteiger partial charge in [0.25, 0.3) is 0 Å². The van der Waals surface area contributed by atoms with Gasteiger partial charge in [0.15, 0.2) is 0 Å². The highest BCUT2D eigenvalue weighted by Gasteiger charge is 2.27. The average molecular weight is 846 g/mol. The second kappa shape index (κ2) is 41.1. The molecule has 0 aromatic rings. The Labute approximate surface area is 363 Å². The van der Waals surface area contributed by atoms with Crippen LogP contribution >= 0.6 is 7.82 Å². The molecule has 1 amide bonds. The van der Waals surface area contributed by atoms with Crippen LogP contribution in [0.25, 0.3) is 0 Å². The first-order chi connectivity index (χ1) is 28.5. The summed E-state index contributed by atoms with van der Waals surface area (Å²) in [6.45, 7) is 4.63. The number of hydrogen-bond donors (Lipinski definition) is 3. The van der Waals surface area contributed by atoms with Crippen molar-refractivity contribution in [1.82, 2.24) is 5.32 Å². The standard InChI is InChI=1S/C50H89N2O6P/c1-6-8-10-12-14-16-18-20-22-24-25-26-28-29-31-33-35-37-39-41-43-49(53)48(47-58-59(55,56)57-46-45-52(3,4)5)51-50(54)44-42-40-38-36-34-32-30-27-23-21-19-17-15-13-11-9-7-2/h9,11,15,17,21,23,26,28,30,32-33,35,41,43,48-49,53H,6-8,10,12-14,16,18-20,22,24-25,27,29,31,34,36-40,42,44-47H2,1-5H3,(H-,51,54,55,56)/p+1/b11-9-,17-15-,23-21-,28-26+,32-30-,35-33+,43-41+. The summed E-state index contributed by atoms with van der Waals surface area (Å²) in [6, 6.07) is -0.887. The van der Waals surface area contributed by atoms with Gasteiger partial charge in [0.2, 0.25) is 5.91 Å². The van der Waals surface area contributed by atoms with E-state index in [9.17, 15) is 19.4 Å². The second-order valence-electron chi connectivity index (χ2n) is 16.7. The molecule has 0 aliphatic heterocycles. The number of quaternary nitrogens is 1. The SMILES string of the molecule is CC/C=C\C/C=C\C/C=C\C/C=C\CCCCCCC(=O)NC(COP(=O)(O)OCC[N+](C)(C)C)C(O)/C=C/CC/C=C/CC/C=C/CCCCCCCCCCCC. The molecular formula is C50H90N2O6P+. The highest BCUT2D eigenvalue weighted by molar-refractivity contribution is 7.47. The largest absolute Gasteiger partial charge is 0.472 e. The van der Waals surface area contributed by atoms with Crippen LogP contribution in [0.2, 0.25) is 0 Å². The van der Waals surface area contributed by atoms with Gasteiger partial charge in [0.1, 0.15) is 13.2 Å². The highest BCUT2D eigenvalue weighted by Crippen LogP contribution is 2.43. The van der Waals surface area contributed by atoms with Gasteiger partial charge in [-0.05, 0) is 83.5 Å². The van der Waals surface area contributed by atoms with E-state index in [0.717, 1.165) is 83.5 Å². The number of carbonyl (C=O) groups is 1. The van der Waals surface area contributed by atoms with E-state index < -0.39 is 20.0 Å². The Morgan fingerprint density at radius 2 is 1.03 bits per heavy atom. The first-order valence-electron chi connectivity index (χ1n) is 23.5. The van der Waals surface area contributed by atoms with E-state index >= 15 is 0 Å². The van der Waals surface area contributed by atoms with Crippen LogP contribution in [0.5, 0.6) is 0 Å². The van der Waals surface area contributed by atoms with E-state index in [2.05, 4.69) is 92.1 Å². The number of phosphoric acid groups is 1. The van der Waals surface area contributed by atoms with Gasteiger partial charge in [0, 0.05) is 6.42 Å². The van der Waals surface area contributed by atoms with Gasteiger partial charge in [-0.2, -0.15) is 0 Å². The smallest absolute Gasteiger partial charge is 0.387 e. The Bertz CT molecular complexity index is 1230. The molecule has 0 aromatic carbocycles. The molecule has 0 rings (SSSR count). The minimum atomic E-state index is -4.36. The van der Waals surface area contributed by atoms with Gasteiger partial charge in [-0.3, -0.25) is 13.8 Å². The van der Waals surface area contributed by atoms with Crippen molar-refractivity contribution >= 4 is 13.7 Å². The molecule has 0 fully saturated rings. The fourth-order valence-corrected chi connectivity index (χ4v) is 6.86. The van der Waals surface area contributed by atoms with Crippen LogP contribution < -0.4 is 5.32 Å². The molecule has 0 saturated heterocycles. The van der Waals surface area contributed by atoms with Gasteiger partial charge in [-0.25, -0.2) is 4.57 Å². The van der Waals surface area contributed by atoms with Gasteiger partial charge < -0.3 is 19.8 Å². The van der Waals surface area contributed by atoms with Crippen LogP contribution in [0, 0.1) is 0 Å². The summed E-state index contributed by atoms with van der Waals surface area (Å²) in [5.74, 6) is -0.218. The number of hydrogen-bond acceptors (Lipinski definition) is 5. The number of aliphatic hydroxyl groups excluding tert-OH is 1. The molecule has 0 aliphatic carbocycles. The predicted octanol–water partition coefficient (Wildman–Crippen LogP) is 13.4. The van der Waals surface area contributed by atoms with E-state index in [1.54, 1.807) is 6.08 Å². The third-order valence-corrected chi connectivity index (χ3v) is 10.8. The maximum absolute atomic E-state index is 12.9. The van der Waals surface area contributed by atoms with Crippen LogP contribution in [-0.4, -0.2) is 73.4 Å². The summed E-state index contributed by atoms with van der Waals surface area (Å²) in [4.78, 5) is 23.1. The fraction of sp³-hybridized carbons (Fsp3) is 0.700. The van der Waals surface area contributed by atoms with Crippen molar-refractivity contribution in [2.45, 2.75) is 187 Å². The van der Waals surface area contributed by atoms with Gasteiger partial charge >= 0.3 is 7.82 Å². The van der Waals surface area contributed by atoms with E-state index in [4.69, 9.17) is 9.05 Å². The number of nitrogens with zero attached hydrogens (tertiary/aromatic N) is 1. The third kappa shape index (κ3) is 43.6. The number of rotatable bonds is 41. The van der Waals surface area contributed by atoms with Crippen LogP contribution in [0.3, 0.4) is 0 Å². The molecular weight excluding hydrogens is 756 g/mol. The number of nitrogens with one attached hydrogen (secondary N) is 1. The minimum Gasteiger partial charge on any atom is -0.387 e. The molecule has 9 heteroatoms. The van der Waals surface area contributed by atoms with Crippen molar-refractivity contribution in [2.75, 3.05) is 40.9 Å². The molecule has 8 nitrogen and oxygen atoms in total. The van der Waals surface area contributed by atoms with E-state index in [1.165, 1.54) is 70.6 Å². The molecule has 3 atom stereocenters. The average Bonchev–Trinajstić information content (AvgIpc) is 3.19. The van der Waals surface area contributed by atoms with Crippen molar-refractivity contribution in [3.63, 3.8) is 0 Å².